The number of hydrogen-bond donors (Lipinski definition) is 7. The molecule has 7 amide bonds. The average Bonchev–Trinajstić information content (AvgIpc) is 3.09. The van der Waals surface area contributed by atoms with Crippen LogP contribution < -0.4 is 37.2 Å². The van der Waals surface area contributed by atoms with E-state index in [2.05, 4.69) is 37.2 Å². The molecule has 15 heteroatoms. The van der Waals surface area contributed by atoms with Gasteiger partial charge < -0.3 is 37.2 Å². The number of hydrogen-bond acceptors (Lipinski definition) is 8. The van der Waals surface area contributed by atoms with Crippen molar-refractivity contribution in [3.63, 3.8) is 0 Å². The Bertz CT molecular complexity index is 1650. The number of carbonyl (C=O) groups excluding carboxylic acids is 8. The molecule has 0 aliphatic carbocycles. The van der Waals surface area contributed by atoms with E-state index in [1.165, 1.54) is 54.0 Å². The highest BCUT2D eigenvalue weighted by Crippen LogP contribution is 2.19. The number of Topliss-reactive ketones (excluding diaryl/α,β-unsaturated/α-hetero) is 1. The Balaban J connectivity index is 0.000000380. The Kier molecular flexibility index (Phi) is 16.6. The van der Waals surface area contributed by atoms with Crippen LogP contribution in [-0.2, 0) is 9.59 Å². The quantitative estimate of drug-likeness (QED) is 0.175. The molecule has 3 aromatic carbocycles. The van der Waals surface area contributed by atoms with Gasteiger partial charge in [-0.05, 0) is 61.5 Å². The zero-order valence-electron chi connectivity index (χ0n) is 28.5. The maximum Gasteiger partial charge on any atom is 0.251 e. The molecule has 0 unspecified atom stereocenters. The maximum absolute atomic E-state index is 11.9. The van der Waals surface area contributed by atoms with Gasteiger partial charge in [0.15, 0.2) is 5.78 Å². The van der Waals surface area contributed by atoms with Crippen LogP contribution in [0.4, 0.5) is 11.4 Å². The molecule has 0 saturated carbocycles. The molecular formula is C34H41N7O8. The lowest BCUT2D eigenvalue weighted by Crippen LogP contribution is -2.28. The summed E-state index contributed by atoms with van der Waals surface area (Å²) in [5.74, 6) is -2.50. The van der Waals surface area contributed by atoms with Crippen LogP contribution in [-0.4, -0.2) is 82.4 Å². The second-order valence-electron chi connectivity index (χ2n) is 9.92. The molecule has 0 atom stereocenters. The van der Waals surface area contributed by atoms with E-state index in [1.807, 2.05) is 0 Å². The third kappa shape index (κ3) is 12.7. The Morgan fingerprint density at radius 2 is 0.714 bits per heavy atom. The molecule has 0 bridgehead atoms. The van der Waals surface area contributed by atoms with E-state index in [0.717, 1.165) is 0 Å². The van der Waals surface area contributed by atoms with Crippen molar-refractivity contribution >= 4 is 58.5 Å². The molecule has 15 nitrogen and oxygen atoms in total. The number of ketones is 1. The fraction of sp³-hybridized carbons (Fsp3) is 0.235. The standard InChI is InChI=1S/C14H17N3O4.2C10H12N2O2/c1-7(18)8-5-10(13(20)16-3)11(14(21)17-4)6-9(8)12(19)15-2;1-11-9(13)7-3-5-8(6-4-7)10(14)12-2;1-7(13)11-9-4-3-5-10(6-9)12-8(2)14/h5-6H,1-4H3,(H,15,19)(H,16,20)(H,17,21);2*3-6H,1-2H3,(H,11,13)(H,12,14). The van der Waals surface area contributed by atoms with Crippen molar-refractivity contribution in [2.45, 2.75) is 20.8 Å². The molecule has 0 aliphatic heterocycles. The van der Waals surface area contributed by atoms with Crippen molar-refractivity contribution in [1.82, 2.24) is 26.6 Å². The van der Waals surface area contributed by atoms with Crippen molar-refractivity contribution < 1.29 is 38.4 Å². The van der Waals surface area contributed by atoms with Crippen LogP contribution in [0.1, 0.15) is 82.9 Å². The van der Waals surface area contributed by atoms with Gasteiger partial charge in [0.2, 0.25) is 11.8 Å². The molecule has 0 aromatic heterocycles. The Hall–Kier alpha value is -6.38. The number of carbonyl (C=O) groups is 8. The molecule has 3 rings (SSSR count). The Morgan fingerprint density at radius 3 is 1.00 bits per heavy atom. The number of anilines is 2. The third-order valence-corrected chi connectivity index (χ3v) is 6.32. The Morgan fingerprint density at radius 1 is 0.408 bits per heavy atom. The zero-order valence-corrected chi connectivity index (χ0v) is 28.5. The lowest BCUT2D eigenvalue weighted by molar-refractivity contribution is -0.115. The van der Waals surface area contributed by atoms with Gasteiger partial charge in [-0.2, -0.15) is 0 Å². The lowest BCUT2D eigenvalue weighted by atomic mass is 9.94. The first-order valence-electron chi connectivity index (χ1n) is 14.7. The largest absolute Gasteiger partial charge is 0.355 e. The minimum Gasteiger partial charge on any atom is -0.355 e. The monoisotopic (exact) mass is 675 g/mol. The lowest BCUT2D eigenvalue weighted by Gasteiger charge is -2.13. The second kappa shape index (κ2) is 20.0. The van der Waals surface area contributed by atoms with E-state index < -0.39 is 17.7 Å². The highest BCUT2D eigenvalue weighted by atomic mass is 16.2. The topological polar surface area (TPSA) is 221 Å². The van der Waals surface area contributed by atoms with Crippen molar-refractivity contribution in [2.24, 2.45) is 0 Å². The van der Waals surface area contributed by atoms with E-state index in [4.69, 9.17) is 0 Å². The average molecular weight is 676 g/mol. The first-order valence-corrected chi connectivity index (χ1v) is 14.7. The smallest absolute Gasteiger partial charge is 0.251 e. The van der Waals surface area contributed by atoms with Crippen molar-refractivity contribution in [3.05, 3.63) is 94.0 Å². The summed E-state index contributed by atoms with van der Waals surface area (Å²) in [6.07, 6.45) is 0. The van der Waals surface area contributed by atoms with Crippen LogP contribution >= 0.6 is 0 Å². The molecule has 3 aromatic rings. The summed E-state index contributed by atoms with van der Waals surface area (Å²) in [4.78, 5) is 91.1. The fourth-order valence-electron chi connectivity index (χ4n) is 4.00. The molecule has 0 fully saturated rings. The fourth-order valence-corrected chi connectivity index (χ4v) is 4.00. The Labute approximate surface area is 284 Å². The molecule has 49 heavy (non-hydrogen) atoms. The highest BCUT2D eigenvalue weighted by molar-refractivity contribution is 6.14. The van der Waals surface area contributed by atoms with Crippen LogP contribution in [0.15, 0.2) is 60.7 Å². The summed E-state index contributed by atoms with van der Waals surface area (Å²) in [5, 5.41) is 17.5. The normalized spacial score (nSPS) is 9.47. The van der Waals surface area contributed by atoms with Gasteiger partial charge in [0.1, 0.15) is 0 Å². The maximum atomic E-state index is 11.9. The van der Waals surface area contributed by atoms with E-state index in [9.17, 15) is 38.4 Å². The van der Waals surface area contributed by atoms with E-state index in [0.29, 0.717) is 22.5 Å². The van der Waals surface area contributed by atoms with Gasteiger partial charge in [-0.3, -0.25) is 38.4 Å². The molecule has 0 radical (unpaired) electrons. The van der Waals surface area contributed by atoms with Crippen molar-refractivity contribution in [3.8, 4) is 0 Å². The molecular weight excluding hydrogens is 634 g/mol. The minimum atomic E-state index is -0.520. The summed E-state index contributed by atoms with van der Waals surface area (Å²) in [7, 11) is 7.37. The van der Waals surface area contributed by atoms with Crippen LogP contribution in [0.25, 0.3) is 0 Å². The molecule has 260 valence electrons. The van der Waals surface area contributed by atoms with Gasteiger partial charge in [0.05, 0.1) is 16.7 Å². The van der Waals surface area contributed by atoms with Crippen LogP contribution in [0.2, 0.25) is 0 Å². The number of benzene rings is 3. The van der Waals surface area contributed by atoms with Gasteiger partial charge in [-0.25, -0.2) is 0 Å². The van der Waals surface area contributed by atoms with Crippen molar-refractivity contribution in [2.75, 3.05) is 45.9 Å². The second-order valence-corrected chi connectivity index (χ2v) is 9.92. The van der Waals surface area contributed by atoms with Crippen LogP contribution in [0.3, 0.4) is 0 Å². The number of nitrogens with one attached hydrogen (secondary N) is 7. The van der Waals surface area contributed by atoms with E-state index in [1.54, 1.807) is 62.6 Å². The summed E-state index contributed by atoms with van der Waals surface area (Å²) < 4.78 is 0. The highest BCUT2D eigenvalue weighted by Gasteiger charge is 2.23. The van der Waals surface area contributed by atoms with E-state index >= 15 is 0 Å². The first-order chi connectivity index (χ1) is 23.1. The SMILES string of the molecule is CC(=O)Nc1cccc(NC(C)=O)c1.CNC(=O)c1cc(C(=O)NC)c(C(=O)NC)cc1C(C)=O.CNC(=O)c1ccc(C(=O)NC)cc1. The van der Waals surface area contributed by atoms with Gasteiger partial charge in [-0.1, -0.05) is 6.07 Å². The van der Waals surface area contributed by atoms with E-state index in [-0.39, 0.29) is 51.7 Å². The molecule has 0 spiro atoms. The zero-order chi connectivity index (χ0) is 37.3. The van der Waals surface area contributed by atoms with Crippen molar-refractivity contribution in [1.29, 1.82) is 0 Å². The molecule has 0 saturated heterocycles. The third-order valence-electron chi connectivity index (χ3n) is 6.32. The molecule has 0 heterocycles. The molecule has 0 aliphatic rings. The van der Waals surface area contributed by atoms with Gasteiger partial charge in [0.25, 0.3) is 29.5 Å². The first kappa shape index (κ1) is 40.6. The van der Waals surface area contributed by atoms with Gasteiger partial charge in [0, 0.05) is 77.2 Å². The summed E-state index contributed by atoms with van der Waals surface area (Å²) in [6, 6.07) is 15.9. The predicted octanol–water partition coefficient (Wildman–Crippen LogP) is 1.98. The summed E-state index contributed by atoms with van der Waals surface area (Å²) >= 11 is 0. The summed E-state index contributed by atoms with van der Waals surface area (Å²) in [5.41, 5.74) is 2.62. The number of amides is 7. The minimum absolute atomic E-state index is 0.0282. The van der Waals surface area contributed by atoms with Gasteiger partial charge in [-0.15, -0.1) is 0 Å². The predicted molar refractivity (Wildman–Crippen MR) is 185 cm³/mol. The molecule has 7 N–H and O–H groups in total. The van der Waals surface area contributed by atoms with Gasteiger partial charge >= 0.3 is 0 Å². The van der Waals surface area contributed by atoms with Crippen LogP contribution in [0.5, 0.6) is 0 Å². The number of rotatable bonds is 8. The summed E-state index contributed by atoms with van der Waals surface area (Å²) in [6.45, 7) is 4.16. The van der Waals surface area contributed by atoms with Crippen LogP contribution in [0, 0.1) is 0 Å².